The summed E-state index contributed by atoms with van der Waals surface area (Å²) < 4.78 is 0. The molecular weight excluding hydrogens is 396 g/mol. The number of piperidine rings is 1. The van der Waals surface area contributed by atoms with Gasteiger partial charge in [-0.25, -0.2) is 0 Å². The summed E-state index contributed by atoms with van der Waals surface area (Å²) >= 11 is 0. The van der Waals surface area contributed by atoms with Crippen molar-refractivity contribution in [2.75, 3.05) is 18.4 Å². The Bertz CT molecular complexity index is 799. The van der Waals surface area contributed by atoms with Gasteiger partial charge in [0.25, 0.3) is 11.8 Å². The third-order valence-electron chi connectivity index (χ3n) is 5.15. The lowest BCUT2D eigenvalue weighted by atomic mass is 10.0. The topological polar surface area (TPSA) is 122 Å². The van der Waals surface area contributed by atoms with Crippen LogP contribution in [0.5, 0.6) is 0 Å². The van der Waals surface area contributed by atoms with Gasteiger partial charge in [0.15, 0.2) is 0 Å². The fraction of sp³-hybridized carbons (Fsp3) is 0.500. The van der Waals surface area contributed by atoms with E-state index in [0.29, 0.717) is 11.1 Å². The van der Waals surface area contributed by atoms with E-state index in [4.69, 9.17) is 5.73 Å². The van der Waals surface area contributed by atoms with Crippen molar-refractivity contribution < 1.29 is 19.2 Å². The van der Waals surface area contributed by atoms with E-state index in [1.807, 2.05) is 0 Å². The molecule has 2 aliphatic rings. The van der Waals surface area contributed by atoms with Gasteiger partial charge in [-0.05, 0) is 44.0 Å². The van der Waals surface area contributed by atoms with Gasteiger partial charge < -0.3 is 11.1 Å². The van der Waals surface area contributed by atoms with E-state index in [1.165, 1.54) is 0 Å². The second-order valence-corrected chi connectivity index (χ2v) is 7.19. The Kier molecular flexibility index (Phi) is 8.16. The molecule has 1 fully saturated rings. The highest BCUT2D eigenvalue weighted by molar-refractivity contribution is 6.23. The lowest BCUT2D eigenvalue weighted by Gasteiger charge is -2.27. The molecule has 1 aromatic rings. The summed E-state index contributed by atoms with van der Waals surface area (Å²) in [6.45, 7) is 1.51. The quantitative estimate of drug-likeness (QED) is 0.412. The van der Waals surface area contributed by atoms with Crippen LogP contribution in [0.2, 0.25) is 0 Å². The van der Waals surface area contributed by atoms with Gasteiger partial charge in [-0.15, -0.1) is 12.4 Å². The molecule has 0 aromatic heterocycles. The monoisotopic (exact) mass is 422 g/mol. The summed E-state index contributed by atoms with van der Waals surface area (Å²) in [5, 5.41) is 5.47. The molecule has 158 valence electrons. The minimum Gasteiger partial charge on any atom is -0.385 e. The van der Waals surface area contributed by atoms with Crippen LogP contribution in [0.15, 0.2) is 18.2 Å². The maximum Gasteiger partial charge on any atom is 0.262 e. The number of nitrogens with zero attached hydrogens (tertiary/aromatic N) is 1. The maximum atomic E-state index is 12.8. The van der Waals surface area contributed by atoms with Crippen molar-refractivity contribution in [3.63, 3.8) is 0 Å². The number of halogens is 1. The highest BCUT2D eigenvalue weighted by Crippen LogP contribution is 2.29. The predicted molar refractivity (Wildman–Crippen MR) is 111 cm³/mol. The molecule has 0 spiro atoms. The average Bonchev–Trinajstić information content (AvgIpc) is 2.92. The van der Waals surface area contributed by atoms with Crippen molar-refractivity contribution in [2.24, 2.45) is 5.73 Å². The first kappa shape index (κ1) is 22.8. The van der Waals surface area contributed by atoms with Gasteiger partial charge in [0.1, 0.15) is 6.04 Å². The zero-order valence-corrected chi connectivity index (χ0v) is 17.1. The van der Waals surface area contributed by atoms with Gasteiger partial charge in [-0.1, -0.05) is 19.3 Å². The molecule has 2 heterocycles. The largest absolute Gasteiger partial charge is 0.385 e. The van der Waals surface area contributed by atoms with Crippen LogP contribution in [0.4, 0.5) is 5.69 Å². The summed E-state index contributed by atoms with van der Waals surface area (Å²) in [4.78, 5) is 49.8. The van der Waals surface area contributed by atoms with Crippen LogP contribution < -0.4 is 16.4 Å². The Morgan fingerprint density at radius 3 is 2.41 bits per heavy atom. The molecule has 2 aliphatic heterocycles. The molecule has 0 radical (unpaired) electrons. The van der Waals surface area contributed by atoms with Crippen molar-refractivity contribution in [3.05, 3.63) is 29.3 Å². The zero-order chi connectivity index (χ0) is 20.1. The van der Waals surface area contributed by atoms with Crippen molar-refractivity contribution >= 4 is 41.7 Å². The van der Waals surface area contributed by atoms with Crippen LogP contribution in [0.3, 0.4) is 0 Å². The second-order valence-electron chi connectivity index (χ2n) is 7.19. The zero-order valence-electron chi connectivity index (χ0n) is 16.2. The number of fused-ring (bicyclic) bond motifs is 1. The number of nitrogens with one attached hydrogen (secondary N) is 2. The summed E-state index contributed by atoms with van der Waals surface area (Å²) in [6, 6.07) is 4.11. The minimum atomic E-state index is -0.935. The number of carbonyl (C=O) groups is 4. The standard InChI is InChI=1S/C20H26N4O4.ClH/c21-10-4-2-1-3-5-11-22-13-6-7-14-15(12-13)20(28)24(19(14)27)16-8-9-17(25)23-18(16)26;/h6-7,12,16,22H,1-5,8-11,21H2,(H,23,25,26);1H. The Morgan fingerprint density at radius 2 is 1.69 bits per heavy atom. The Hall–Kier alpha value is -2.45. The number of hydrogen-bond donors (Lipinski definition) is 3. The number of rotatable bonds is 9. The Morgan fingerprint density at radius 1 is 1.00 bits per heavy atom. The van der Waals surface area contributed by atoms with E-state index in [9.17, 15) is 19.2 Å². The highest BCUT2D eigenvalue weighted by Gasteiger charge is 2.44. The maximum absolute atomic E-state index is 12.8. The first-order valence-electron chi connectivity index (χ1n) is 9.82. The molecule has 0 saturated carbocycles. The third-order valence-corrected chi connectivity index (χ3v) is 5.15. The SMILES string of the molecule is Cl.NCCCCCCCNc1ccc2c(c1)C(=O)N(C1CCC(=O)NC1=O)C2=O. The fourth-order valence-electron chi connectivity index (χ4n) is 3.61. The van der Waals surface area contributed by atoms with Gasteiger partial charge in [0, 0.05) is 18.7 Å². The molecule has 4 amide bonds. The van der Waals surface area contributed by atoms with Gasteiger partial charge in [0.2, 0.25) is 11.8 Å². The second kappa shape index (κ2) is 10.4. The van der Waals surface area contributed by atoms with Crippen molar-refractivity contribution in [2.45, 2.75) is 51.0 Å². The number of nitrogens with two attached hydrogens (primary N) is 1. The number of hydrogen-bond acceptors (Lipinski definition) is 6. The molecule has 9 heteroatoms. The molecule has 3 rings (SSSR count). The third kappa shape index (κ3) is 5.13. The lowest BCUT2D eigenvalue weighted by molar-refractivity contribution is -0.136. The predicted octanol–water partition coefficient (Wildman–Crippen LogP) is 1.83. The smallest absolute Gasteiger partial charge is 0.262 e. The number of benzene rings is 1. The van der Waals surface area contributed by atoms with Gasteiger partial charge in [0.05, 0.1) is 11.1 Å². The molecular formula is C20H27ClN4O4. The first-order valence-corrected chi connectivity index (χ1v) is 9.82. The molecule has 1 saturated heterocycles. The summed E-state index contributed by atoms with van der Waals surface area (Å²) in [5.41, 5.74) is 6.84. The number of unbranched alkanes of at least 4 members (excludes halogenated alkanes) is 4. The summed E-state index contributed by atoms with van der Waals surface area (Å²) in [5.74, 6) is -1.95. The summed E-state index contributed by atoms with van der Waals surface area (Å²) in [7, 11) is 0. The van der Waals surface area contributed by atoms with E-state index in [1.54, 1.807) is 18.2 Å². The van der Waals surface area contributed by atoms with E-state index in [2.05, 4.69) is 10.6 Å². The van der Waals surface area contributed by atoms with Gasteiger partial charge in [-0.3, -0.25) is 29.4 Å². The van der Waals surface area contributed by atoms with Crippen molar-refractivity contribution in [1.82, 2.24) is 10.2 Å². The molecule has 0 aliphatic carbocycles. The Balaban J connectivity index is 0.00000300. The molecule has 0 bridgehead atoms. The van der Waals surface area contributed by atoms with Gasteiger partial charge >= 0.3 is 0 Å². The van der Waals surface area contributed by atoms with Crippen LogP contribution in [-0.4, -0.2) is 47.7 Å². The number of amides is 4. The fourth-order valence-corrected chi connectivity index (χ4v) is 3.61. The summed E-state index contributed by atoms with van der Waals surface area (Å²) in [6.07, 6.45) is 5.74. The molecule has 1 unspecified atom stereocenters. The number of carbonyl (C=O) groups excluding carboxylic acids is 4. The first-order chi connectivity index (χ1) is 13.5. The molecule has 1 atom stereocenters. The highest BCUT2D eigenvalue weighted by atomic mass is 35.5. The van der Waals surface area contributed by atoms with E-state index in [0.717, 1.165) is 55.8 Å². The van der Waals surface area contributed by atoms with Crippen LogP contribution in [-0.2, 0) is 9.59 Å². The molecule has 8 nitrogen and oxygen atoms in total. The number of anilines is 1. The molecule has 4 N–H and O–H groups in total. The minimum absolute atomic E-state index is 0. The van der Waals surface area contributed by atoms with Gasteiger partial charge in [-0.2, -0.15) is 0 Å². The van der Waals surface area contributed by atoms with Crippen LogP contribution in [0, 0.1) is 0 Å². The lowest BCUT2D eigenvalue weighted by Crippen LogP contribution is -2.54. The van der Waals surface area contributed by atoms with E-state index in [-0.39, 0.29) is 31.2 Å². The molecule has 1 aromatic carbocycles. The van der Waals surface area contributed by atoms with Crippen LogP contribution in [0.25, 0.3) is 0 Å². The van der Waals surface area contributed by atoms with Crippen molar-refractivity contribution in [1.29, 1.82) is 0 Å². The van der Waals surface area contributed by atoms with Crippen LogP contribution in [0.1, 0.15) is 65.7 Å². The Labute approximate surface area is 176 Å². The van der Waals surface area contributed by atoms with E-state index < -0.39 is 23.8 Å². The van der Waals surface area contributed by atoms with Crippen LogP contribution >= 0.6 is 12.4 Å². The van der Waals surface area contributed by atoms with E-state index >= 15 is 0 Å². The van der Waals surface area contributed by atoms with Crippen molar-refractivity contribution in [3.8, 4) is 0 Å². The average molecular weight is 423 g/mol. The molecule has 29 heavy (non-hydrogen) atoms. The number of imide groups is 2. The normalized spacial score (nSPS) is 18.4.